The van der Waals surface area contributed by atoms with Gasteiger partial charge in [0.15, 0.2) is 0 Å². The third-order valence-electron chi connectivity index (χ3n) is 6.19. The Morgan fingerprint density at radius 3 is 1.95 bits per heavy atom. The highest BCUT2D eigenvalue weighted by Crippen LogP contribution is 2.44. The molecule has 2 saturated carbocycles. The lowest BCUT2D eigenvalue weighted by molar-refractivity contribution is 0.160. The molecule has 2 aliphatic carbocycles. The summed E-state index contributed by atoms with van der Waals surface area (Å²) >= 11 is 0. The lowest BCUT2D eigenvalue weighted by Crippen LogP contribution is -2.25. The molecule has 0 aromatic heterocycles. The number of aromatic hydroxyl groups is 1. The van der Waals surface area contributed by atoms with Crippen LogP contribution in [0.3, 0.4) is 0 Å². The van der Waals surface area contributed by atoms with Gasteiger partial charge in [-0.3, -0.25) is 0 Å². The molecule has 0 amide bonds. The average molecular weight is 298 g/mol. The van der Waals surface area contributed by atoms with Crippen molar-refractivity contribution >= 4 is 0 Å². The lowest BCUT2D eigenvalue weighted by atomic mass is 9.68. The fourth-order valence-corrected chi connectivity index (χ4v) is 4.80. The van der Waals surface area contributed by atoms with Crippen molar-refractivity contribution in [1.29, 1.82) is 0 Å². The molecule has 0 atom stereocenters. The second kappa shape index (κ2) is 7.35. The minimum absolute atomic E-state index is 0.383. The molecule has 2 aliphatic rings. The molecule has 0 saturated heterocycles. The van der Waals surface area contributed by atoms with E-state index in [2.05, 4.69) is 24.8 Å². The predicted molar refractivity (Wildman–Crippen MR) is 93.1 cm³/mol. The average Bonchev–Trinajstić information content (AvgIpc) is 2.57. The normalized spacial score (nSPS) is 32.5. The second-order valence-electron chi connectivity index (χ2n) is 7.51. The Morgan fingerprint density at radius 1 is 0.864 bits per heavy atom. The van der Waals surface area contributed by atoms with Gasteiger partial charge in [0, 0.05) is 0 Å². The van der Waals surface area contributed by atoms with Crippen LogP contribution in [-0.4, -0.2) is 5.11 Å². The smallest absolute Gasteiger partial charge is 0.115 e. The van der Waals surface area contributed by atoms with E-state index in [1.54, 1.807) is 0 Å². The van der Waals surface area contributed by atoms with Gasteiger partial charge in [-0.25, -0.2) is 0 Å². The summed E-state index contributed by atoms with van der Waals surface area (Å²) in [6, 6.07) is 7.90. The van der Waals surface area contributed by atoms with Crippen molar-refractivity contribution < 1.29 is 5.11 Å². The van der Waals surface area contributed by atoms with Crippen molar-refractivity contribution in [3.05, 3.63) is 42.5 Å². The quantitative estimate of drug-likeness (QED) is 0.671. The third-order valence-corrected chi connectivity index (χ3v) is 6.19. The van der Waals surface area contributed by atoms with Crippen molar-refractivity contribution in [2.24, 2.45) is 17.8 Å². The molecule has 22 heavy (non-hydrogen) atoms. The van der Waals surface area contributed by atoms with Crippen LogP contribution >= 0.6 is 0 Å². The Labute approximate surface area is 135 Å². The minimum atomic E-state index is 0.383. The van der Waals surface area contributed by atoms with Crippen molar-refractivity contribution in [2.45, 2.75) is 63.7 Å². The molecule has 3 rings (SSSR count). The predicted octanol–water partition coefficient (Wildman–Crippen LogP) is 6.05. The molecule has 1 aromatic carbocycles. The first-order valence-corrected chi connectivity index (χ1v) is 9.16. The number of hydrogen-bond donors (Lipinski definition) is 1. The largest absolute Gasteiger partial charge is 0.508 e. The Balaban J connectivity index is 1.48. The molecule has 0 radical (unpaired) electrons. The van der Waals surface area contributed by atoms with Crippen molar-refractivity contribution in [3.8, 4) is 5.75 Å². The summed E-state index contributed by atoms with van der Waals surface area (Å²) in [5, 5.41) is 9.42. The number of hydrogen-bond acceptors (Lipinski definition) is 1. The summed E-state index contributed by atoms with van der Waals surface area (Å²) in [6.45, 7) is 3.89. The zero-order valence-electron chi connectivity index (χ0n) is 13.7. The molecule has 1 aromatic rings. The molecular weight excluding hydrogens is 268 g/mol. The summed E-state index contributed by atoms with van der Waals surface area (Å²) in [6.07, 6.45) is 14.6. The zero-order chi connectivity index (χ0) is 15.4. The van der Waals surface area contributed by atoms with E-state index < -0.39 is 0 Å². The Morgan fingerprint density at radius 2 is 1.41 bits per heavy atom. The molecule has 120 valence electrons. The molecule has 0 spiro atoms. The van der Waals surface area contributed by atoms with Gasteiger partial charge in [0.1, 0.15) is 5.75 Å². The number of phenolic OH excluding ortho intramolecular Hbond substituents is 1. The monoisotopic (exact) mass is 298 g/mol. The highest BCUT2D eigenvalue weighted by atomic mass is 16.3. The second-order valence-corrected chi connectivity index (χ2v) is 7.51. The van der Waals surface area contributed by atoms with Crippen LogP contribution < -0.4 is 0 Å². The molecule has 0 aliphatic heterocycles. The van der Waals surface area contributed by atoms with Gasteiger partial charge in [0.05, 0.1) is 0 Å². The SMILES string of the molecule is C=CC[C@H]1CC[C@H](C2CCC(c3ccc(O)cc3)CC2)CC1. The van der Waals surface area contributed by atoms with Crippen LogP contribution in [0.4, 0.5) is 0 Å². The van der Waals surface area contributed by atoms with Crippen LogP contribution in [0, 0.1) is 17.8 Å². The maximum absolute atomic E-state index is 9.42. The van der Waals surface area contributed by atoms with Crippen molar-refractivity contribution in [2.75, 3.05) is 0 Å². The van der Waals surface area contributed by atoms with E-state index in [0.717, 1.165) is 17.8 Å². The third kappa shape index (κ3) is 3.74. The van der Waals surface area contributed by atoms with E-state index in [0.29, 0.717) is 11.7 Å². The van der Waals surface area contributed by atoms with E-state index in [9.17, 15) is 5.11 Å². The van der Waals surface area contributed by atoms with Gasteiger partial charge < -0.3 is 5.11 Å². The van der Waals surface area contributed by atoms with Gasteiger partial charge >= 0.3 is 0 Å². The minimum Gasteiger partial charge on any atom is -0.508 e. The van der Waals surface area contributed by atoms with E-state index in [4.69, 9.17) is 0 Å². The number of phenols is 1. The summed E-state index contributed by atoms with van der Waals surface area (Å²) in [5.41, 5.74) is 1.42. The highest BCUT2D eigenvalue weighted by molar-refractivity contribution is 5.28. The number of benzene rings is 1. The highest BCUT2D eigenvalue weighted by Gasteiger charge is 2.30. The van der Waals surface area contributed by atoms with Crippen LogP contribution in [-0.2, 0) is 0 Å². The van der Waals surface area contributed by atoms with E-state index in [1.165, 1.54) is 63.4 Å². The van der Waals surface area contributed by atoms with Gasteiger partial charge in [-0.1, -0.05) is 18.2 Å². The van der Waals surface area contributed by atoms with Crippen molar-refractivity contribution in [1.82, 2.24) is 0 Å². The van der Waals surface area contributed by atoms with Crippen LogP contribution in [0.15, 0.2) is 36.9 Å². The number of rotatable bonds is 4. The van der Waals surface area contributed by atoms with Gasteiger partial charge in [-0.15, -0.1) is 6.58 Å². The van der Waals surface area contributed by atoms with Gasteiger partial charge in [0.25, 0.3) is 0 Å². The molecule has 1 N–H and O–H groups in total. The Bertz CT molecular complexity index is 459. The molecule has 2 fully saturated rings. The van der Waals surface area contributed by atoms with Crippen molar-refractivity contribution in [3.63, 3.8) is 0 Å². The van der Waals surface area contributed by atoms with Gasteiger partial charge in [0.2, 0.25) is 0 Å². The Hall–Kier alpha value is -1.24. The summed E-state index contributed by atoms with van der Waals surface area (Å²) in [5.74, 6) is 3.98. The van der Waals surface area contributed by atoms with E-state index >= 15 is 0 Å². The number of allylic oxidation sites excluding steroid dienone is 1. The summed E-state index contributed by atoms with van der Waals surface area (Å²) < 4.78 is 0. The van der Waals surface area contributed by atoms with Gasteiger partial charge in [-0.05, 0) is 99.2 Å². The molecule has 1 heteroatoms. The fourth-order valence-electron chi connectivity index (χ4n) is 4.80. The summed E-state index contributed by atoms with van der Waals surface area (Å²) in [7, 11) is 0. The molecule has 0 unspecified atom stereocenters. The van der Waals surface area contributed by atoms with Crippen LogP contribution in [0.1, 0.15) is 69.3 Å². The van der Waals surface area contributed by atoms with Crippen LogP contribution in [0.25, 0.3) is 0 Å². The lowest BCUT2D eigenvalue weighted by Gasteiger charge is -2.38. The standard InChI is InChI=1S/C21H30O/c1-2-3-16-4-6-17(7-5-16)18-8-10-19(11-9-18)20-12-14-21(22)15-13-20/h2,12-19,22H,1,3-11H2/t16-,17-,18?,19?. The fraction of sp³-hybridized carbons (Fsp3) is 0.619. The molecule has 0 bridgehead atoms. The van der Waals surface area contributed by atoms with Crippen LogP contribution in [0.5, 0.6) is 5.75 Å². The van der Waals surface area contributed by atoms with Gasteiger partial charge in [-0.2, -0.15) is 0 Å². The topological polar surface area (TPSA) is 20.2 Å². The molecule has 0 heterocycles. The maximum atomic E-state index is 9.42. The maximum Gasteiger partial charge on any atom is 0.115 e. The Kier molecular flexibility index (Phi) is 5.23. The van der Waals surface area contributed by atoms with Crippen LogP contribution in [0.2, 0.25) is 0 Å². The zero-order valence-corrected chi connectivity index (χ0v) is 13.7. The first-order chi connectivity index (χ1) is 10.8. The molecular formula is C21H30O. The first kappa shape index (κ1) is 15.6. The van der Waals surface area contributed by atoms with E-state index in [-0.39, 0.29) is 0 Å². The summed E-state index contributed by atoms with van der Waals surface area (Å²) in [4.78, 5) is 0. The van der Waals surface area contributed by atoms with E-state index in [1.807, 2.05) is 12.1 Å². The first-order valence-electron chi connectivity index (χ1n) is 9.16. The molecule has 1 nitrogen and oxygen atoms in total.